The molecule has 18 heavy (non-hydrogen) atoms. The number of phenolic OH excluding ortho intramolecular Hbond substituents is 1. The van der Waals surface area contributed by atoms with E-state index in [2.05, 4.69) is 29.5 Å². The summed E-state index contributed by atoms with van der Waals surface area (Å²) >= 11 is 0. The zero-order chi connectivity index (χ0) is 12.3. The minimum absolute atomic E-state index is 0. The van der Waals surface area contributed by atoms with Crippen molar-refractivity contribution in [3.63, 3.8) is 0 Å². The Balaban J connectivity index is 0.00000162. The fraction of sp³-hybridized carbons (Fsp3) is 0.286. The molecule has 0 amide bonds. The summed E-state index contributed by atoms with van der Waals surface area (Å²) in [7, 11) is 2.06. The molecule has 0 aromatic heterocycles. The Morgan fingerprint density at radius 3 is 2.83 bits per heavy atom. The van der Waals surface area contributed by atoms with E-state index in [1.54, 1.807) is 6.07 Å². The zero-order valence-electron chi connectivity index (χ0n) is 10.7. The number of nitrogens with zero attached hydrogens (tertiary/aromatic N) is 1. The molecule has 0 radical (unpaired) electrons. The molecule has 3 nitrogen and oxygen atoms in total. The van der Waals surface area contributed by atoms with E-state index in [-0.39, 0.29) is 24.0 Å². The van der Waals surface area contributed by atoms with Crippen molar-refractivity contribution in [2.24, 2.45) is 0 Å². The highest BCUT2D eigenvalue weighted by Crippen LogP contribution is 2.21. The lowest BCUT2D eigenvalue weighted by Crippen LogP contribution is -2.21. The van der Waals surface area contributed by atoms with Crippen molar-refractivity contribution >= 4 is 29.7 Å². The Kier molecular flexibility index (Phi) is 5.53. The number of hydrogen-bond acceptors (Lipinski definition) is 3. The first-order valence-corrected chi connectivity index (χ1v) is 5.75. The molecule has 1 aliphatic heterocycles. The minimum Gasteiger partial charge on any atom is -0.508 e. The van der Waals surface area contributed by atoms with Crippen molar-refractivity contribution in [3.05, 3.63) is 47.7 Å². The Morgan fingerprint density at radius 1 is 1.39 bits per heavy atom. The molecule has 4 heteroatoms. The monoisotopic (exact) mass is 358 g/mol. The minimum atomic E-state index is 0. The van der Waals surface area contributed by atoms with Crippen molar-refractivity contribution in [2.45, 2.75) is 6.92 Å². The maximum atomic E-state index is 9.61. The van der Waals surface area contributed by atoms with Crippen molar-refractivity contribution in [1.29, 1.82) is 0 Å². The fourth-order valence-corrected chi connectivity index (χ4v) is 1.80. The van der Waals surface area contributed by atoms with Gasteiger partial charge in [0.05, 0.1) is 0 Å². The highest BCUT2D eigenvalue weighted by atomic mass is 127. The fourth-order valence-electron chi connectivity index (χ4n) is 1.80. The van der Waals surface area contributed by atoms with Crippen LogP contribution >= 0.6 is 24.0 Å². The first-order chi connectivity index (χ1) is 8.15. The van der Waals surface area contributed by atoms with Gasteiger partial charge in [-0.2, -0.15) is 0 Å². The van der Waals surface area contributed by atoms with Crippen LogP contribution < -0.4 is 5.32 Å². The Bertz CT molecular complexity index is 469. The molecule has 1 aromatic rings. The molecule has 98 valence electrons. The molecule has 0 atom stereocenters. The van der Waals surface area contributed by atoms with Crippen molar-refractivity contribution in [1.82, 2.24) is 4.90 Å². The second-order valence-electron chi connectivity index (χ2n) is 4.44. The highest BCUT2D eigenvalue weighted by Gasteiger charge is 2.04. The van der Waals surface area contributed by atoms with Crippen molar-refractivity contribution < 1.29 is 5.11 Å². The van der Waals surface area contributed by atoms with E-state index in [0.717, 1.165) is 24.3 Å². The standard InChI is InChI=1S/C14H18N2O.HI/c1-11-5-6-13(8-14(11)17)15-9-12-4-3-7-16(2)10-12;/h3-8,15,17H,9-10H2,1-2H3;1H. The third-order valence-electron chi connectivity index (χ3n) is 2.85. The number of halogens is 1. The molecule has 1 aliphatic rings. The van der Waals surface area contributed by atoms with Crippen molar-refractivity contribution in [2.75, 3.05) is 25.5 Å². The maximum absolute atomic E-state index is 9.61. The van der Waals surface area contributed by atoms with Crippen LogP contribution in [0.4, 0.5) is 5.69 Å². The smallest absolute Gasteiger partial charge is 0.120 e. The van der Waals surface area contributed by atoms with Gasteiger partial charge >= 0.3 is 0 Å². The van der Waals surface area contributed by atoms with Gasteiger partial charge in [0, 0.05) is 31.9 Å². The molecule has 2 N–H and O–H groups in total. The van der Waals surface area contributed by atoms with Crippen LogP contribution in [-0.2, 0) is 0 Å². The summed E-state index contributed by atoms with van der Waals surface area (Å²) in [6.45, 7) is 3.64. The van der Waals surface area contributed by atoms with Crippen LogP contribution in [-0.4, -0.2) is 30.1 Å². The first-order valence-electron chi connectivity index (χ1n) is 5.75. The van der Waals surface area contributed by atoms with Gasteiger partial charge in [0.1, 0.15) is 5.75 Å². The third-order valence-corrected chi connectivity index (χ3v) is 2.85. The zero-order valence-corrected chi connectivity index (χ0v) is 13.0. The predicted molar refractivity (Wildman–Crippen MR) is 86.6 cm³/mol. The summed E-state index contributed by atoms with van der Waals surface area (Å²) in [5.74, 6) is 0.338. The van der Waals surface area contributed by atoms with Crippen LogP contribution in [0.2, 0.25) is 0 Å². The number of benzene rings is 1. The molecule has 0 spiro atoms. The van der Waals surface area contributed by atoms with E-state index in [0.29, 0.717) is 5.75 Å². The summed E-state index contributed by atoms with van der Waals surface area (Å²) in [5.41, 5.74) is 3.18. The average molecular weight is 358 g/mol. The van der Waals surface area contributed by atoms with Gasteiger partial charge in [0.25, 0.3) is 0 Å². The molecule has 0 unspecified atom stereocenters. The van der Waals surface area contributed by atoms with Crippen LogP contribution in [0.25, 0.3) is 0 Å². The quantitative estimate of drug-likeness (QED) is 0.815. The number of aromatic hydroxyl groups is 1. The number of likely N-dealkylation sites (N-methyl/N-ethyl adjacent to an activating group) is 1. The number of rotatable bonds is 3. The Morgan fingerprint density at radius 2 is 2.17 bits per heavy atom. The molecular formula is C14H19IN2O. The number of allylic oxidation sites excluding steroid dienone is 2. The number of phenols is 1. The van der Waals surface area contributed by atoms with Crippen LogP contribution in [0, 0.1) is 6.92 Å². The lowest BCUT2D eigenvalue weighted by Gasteiger charge is -2.20. The molecular weight excluding hydrogens is 339 g/mol. The van der Waals surface area contributed by atoms with Crippen LogP contribution in [0.15, 0.2) is 42.1 Å². The lowest BCUT2D eigenvalue weighted by molar-refractivity contribution is 0.471. The molecule has 0 fully saturated rings. The normalized spacial score (nSPS) is 13.9. The van der Waals surface area contributed by atoms with Gasteiger partial charge in [-0.1, -0.05) is 12.1 Å². The summed E-state index contributed by atoms with van der Waals surface area (Å²) in [4.78, 5) is 2.14. The Labute approximate surface area is 125 Å². The summed E-state index contributed by atoms with van der Waals surface area (Å²) in [6.07, 6.45) is 6.23. The van der Waals surface area contributed by atoms with Gasteiger partial charge in [-0.3, -0.25) is 0 Å². The van der Waals surface area contributed by atoms with Crippen molar-refractivity contribution in [3.8, 4) is 5.75 Å². The largest absolute Gasteiger partial charge is 0.508 e. The van der Waals surface area contributed by atoms with E-state index in [1.165, 1.54) is 5.57 Å². The van der Waals surface area contributed by atoms with Gasteiger partial charge in [0.2, 0.25) is 0 Å². The lowest BCUT2D eigenvalue weighted by atomic mass is 10.1. The maximum Gasteiger partial charge on any atom is 0.120 e. The predicted octanol–water partition coefficient (Wildman–Crippen LogP) is 3.12. The van der Waals surface area contributed by atoms with Gasteiger partial charge < -0.3 is 15.3 Å². The first kappa shape index (κ1) is 14.9. The summed E-state index contributed by atoms with van der Waals surface area (Å²) in [6, 6.07) is 5.66. The van der Waals surface area contributed by atoms with Gasteiger partial charge in [-0.25, -0.2) is 0 Å². The average Bonchev–Trinajstić information content (AvgIpc) is 2.31. The molecule has 0 bridgehead atoms. The third kappa shape index (κ3) is 3.94. The van der Waals surface area contributed by atoms with Gasteiger partial charge in [-0.05, 0) is 36.4 Å². The number of anilines is 1. The summed E-state index contributed by atoms with van der Waals surface area (Å²) < 4.78 is 0. The van der Waals surface area contributed by atoms with E-state index >= 15 is 0 Å². The second kappa shape index (κ2) is 6.68. The molecule has 0 saturated heterocycles. The number of nitrogens with one attached hydrogen (secondary N) is 1. The number of hydrogen-bond donors (Lipinski definition) is 2. The second-order valence-corrected chi connectivity index (χ2v) is 4.44. The van der Waals surface area contributed by atoms with Gasteiger partial charge in [0.15, 0.2) is 0 Å². The van der Waals surface area contributed by atoms with E-state index < -0.39 is 0 Å². The molecule has 0 saturated carbocycles. The van der Waals surface area contributed by atoms with Crippen LogP contribution in [0.3, 0.4) is 0 Å². The van der Waals surface area contributed by atoms with Gasteiger partial charge in [-0.15, -0.1) is 24.0 Å². The SMILES string of the molecule is Cc1ccc(NCC2=CC=CN(C)C2)cc1O.I. The van der Waals surface area contributed by atoms with E-state index in [4.69, 9.17) is 0 Å². The molecule has 1 heterocycles. The molecule has 0 aliphatic carbocycles. The number of aryl methyl sites for hydroxylation is 1. The molecule has 2 rings (SSSR count). The Hall–Kier alpha value is -1.17. The van der Waals surface area contributed by atoms with E-state index in [1.807, 2.05) is 25.1 Å². The summed E-state index contributed by atoms with van der Waals surface area (Å²) in [5, 5.41) is 12.9. The highest BCUT2D eigenvalue weighted by molar-refractivity contribution is 14.0. The topological polar surface area (TPSA) is 35.5 Å². The van der Waals surface area contributed by atoms with Crippen LogP contribution in [0.5, 0.6) is 5.75 Å². The van der Waals surface area contributed by atoms with E-state index in [9.17, 15) is 5.11 Å². The van der Waals surface area contributed by atoms with Crippen LogP contribution in [0.1, 0.15) is 5.56 Å². The molecule has 1 aromatic carbocycles.